The number of carboxylic acids is 1. The Balaban J connectivity index is 1.24. The number of hydrogen-bond acceptors (Lipinski definition) is 6. The molecule has 6 unspecified atom stereocenters. The molecule has 0 aromatic heterocycles. The minimum absolute atomic E-state index is 0.0368. The van der Waals surface area contributed by atoms with Gasteiger partial charge in [0.25, 0.3) is 0 Å². The lowest BCUT2D eigenvalue weighted by molar-refractivity contribution is -0.143. The van der Waals surface area contributed by atoms with Crippen molar-refractivity contribution in [3.8, 4) is 11.5 Å². The zero-order valence-electron chi connectivity index (χ0n) is 21.1. The molecule has 36 heavy (non-hydrogen) atoms. The van der Waals surface area contributed by atoms with Gasteiger partial charge in [0.2, 0.25) is 5.91 Å². The van der Waals surface area contributed by atoms with Crippen LogP contribution in [0.15, 0.2) is 12.1 Å². The van der Waals surface area contributed by atoms with E-state index < -0.39 is 5.97 Å². The molecule has 1 saturated heterocycles. The van der Waals surface area contributed by atoms with Crippen LogP contribution in [0.5, 0.6) is 11.5 Å². The number of benzene rings is 1. The zero-order chi connectivity index (χ0) is 25.0. The van der Waals surface area contributed by atoms with Gasteiger partial charge in [0, 0.05) is 56.0 Å². The van der Waals surface area contributed by atoms with Gasteiger partial charge in [-0.15, -0.1) is 0 Å². The fourth-order valence-electron chi connectivity index (χ4n) is 7.93. The molecule has 196 valence electrons. The topological polar surface area (TPSA) is 108 Å². The van der Waals surface area contributed by atoms with Gasteiger partial charge in [0.1, 0.15) is 6.10 Å². The summed E-state index contributed by atoms with van der Waals surface area (Å²) < 4.78 is 12.7. The number of nitrogens with zero attached hydrogens (tertiary/aromatic N) is 1. The summed E-state index contributed by atoms with van der Waals surface area (Å²) in [6.45, 7) is 2.75. The maximum absolute atomic E-state index is 12.5. The molecular formula is C28H38N2O6. The first-order chi connectivity index (χ1) is 17.4. The molecule has 5 aliphatic rings. The fraction of sp³-hybridized carbons (Fsp3) is 0.714. The lowest BCUT2D eigenvalue weighted by Gasteiger charge is -2.61. The van der Waals surface area contributed by atoms with Gasteiger partial charge < -0.3 is 25.0 Å². The Morgan fingerprint density at radius 2 is 2.06 bits per heavy atom. The number of carboxylic acid groups (broad SMARTS) is 1. The van der Waals surface area contributed by atoms with Crippen molar-refractivity contribution >= 4 is 11.9 Å². The highest BCUT2D eigenvalue weighted by atomic mass is 16.5. The molecule has 8 heteroatoms. The predicted octanol–water partition coefficient (Wildman–Crippen LogP) is 2.84. The Morgan fingerprint density at radius 1 is 1.25 bits per heavy atom. The normalized spacial score (nSPS) is 34.1. The summed E-state index contributed by atoms with van der Waals surface area (Å²) in [5, 5.41) is 22.7. The highest BCUT2D eigenvalue weighted by molar-refractivity contribution is 5.76. The third-order valence-electron chi connectivity index (χ3n) is 9.67. The van der Waals surface area contributed by atoms with Crippen LogP contribution in [-0.4, -0.2) is 72.0 Å². The van der Waals surface area contributed by atoms with Crippen molar-refractivity contribution in [2.75, 3.05) is 26.7 Å². The van der Waals surface area contributed by atoms with Crippen LogP contribution >= 0.6 is 0 Å². The fourth-order valence-corrected chi connectivity index (χ4v) is 7.93. The van der Waals surface area contributed by atoms with Crippen LogP contribution in [-0.2, 0) is 26.2 Å². The molecule has 3 N–H and O–H groups in total. The summed E-state index contributed by atoms with van der Waals surface area (Å²) in [6.07, 6.45) is 6.80. The van der Waals surface area contributed by atoms with Gasteiger partial charge in [-0.1, -0.05) is 6.07 Å². The summed E-state index contributed by atoms with van der Waals surface area (Å²) in [7, 11) is 1.73. The van der Waals surface area contributed by atoms with Crippen LogP contribution in [0.1, 0.15) is 62.5 Å². The van der Waals surface area contributed by atoms with Gasteiger partial charge in [-0.25, -0.2) is 0 Å². The first kappa shape index (κ1) is 24.0. The van der Waals surface area contributed by atoms with Crippen LogP contribution in [0, 0.1) is 17.8 Å². The van der Waals surface area contributed by atoms with Crippen molar-refractivity contribution in [1.82, 2.24) is 10.2 Å². The van der Waals surface area contributed by atoms with Crippen molar-refractivity contribution in [3.63, 3.8) is 0 Å². The maximum Gasteiger partial charge on any atom is 0.303 e. The van der Waals surface area contributed by atoms with E-state index in [0.717, 1.165) is 31.7 Å². The number of aromatic hydroxyl groups is 1. The lowest BCUT2D eigenvalue weighted by Crippen LogP contribution is -2.69. The number of unbranched alkanes of at least 4 members (excludes halogenated alkanes) is 1. The van der Waals surface area contributed by atoms with Crippen LogP contribution in [0.3, 0.4) is 0 Å². The monoisotopic (exact) mass is 498 g/mol. The van der Waals surface area contributed by atoms with Crippen molar-refractivity contribution in [2.24, 2.45) is 17.8 Å². The van der Waals surface area contributed by atoms with Gasteiger partial charge in [-0.05, 0) is 75.0 Å². The molecule has 1 spiro atoms. The number of phenols is 1. The van der Waals surface area contributed by atoms with Gasteiger partial charge in [-0.2, -0.15) is 0 Å². The molecule has 1 amide bonds. The second-order valence-electron chi connectivity index (χ2n) is 11.7. The molecule has 1 aromatic carbocycles. The number of carbonyl (C=O) groups excluding carboxylic acids is 1. The standard InChI is InChI=1S/C28H38N2O6/c1-35-25-18(14-29-22(32)4-2-3-5-23(33)34)12-19-20-13-17-8-9-21(31)26-24(17)28(19,27(25)36-26)10-11-30(20)15-16-6-7-16/h8-9,16,18-20,25,27,31H,2-7,10-15H2,1H3,(H,29,32)(H,33,34). The zero-order valence-corrected chi connectivity index (χ0v) is 21.1. The van der Waals surface area contributed by atoms with Gasteiger partial charge >= 0.3 is 5.97 Å². The Kier molecular flexibility index (Phi) is 6.15. The summed E-state index contributed by atoms with van der Waals surface area (Å²) in [6, 6.07) is 4.33. The van der Waals surface area contributed by atoms with Crippen LogP contribution in [0.4, 0.5) is 0 Å². The summed E-state index contributed by atoms with van der Waals surface area (Å²) in [5.41, 5.74) is 2.39. The van der Waals surface area contributed by atoms with Crippen LogP contribution in [0.25, 0.3) is 0 Å². The summed E-state index contributed by atoms with van der Waals surface area (Å²) in [5.74, 6) is 1.35. The molecule has 1 aromatic rings. The molecule has 0 radical (unpaired) electrons. The highest BCUT2D eigenvalue weighted by Gasteiger charge is 2.67. The quantitative estimate of drug-likeness (QED) is 0.426. The minimum atomic E-state index is -0.824. The highest BCUT2D eigenvalue weighted by Crippen LogP contribution is 2.65. The van der Waals surface area contributed by atoms with Gasteiger partial charge in [0.05, 0.1) is 6.10 Å². The number of aliphatic carboxylic acids is 1. The number of likely N-dealkylation sites (tertiary alicyclic amines) is 1. The summed E-state index contributed by atoms with van der Waals surface area (Å²) >= 11 is 0. The molecule has 6 rings (SSSR count). The number of piperidine rings is 1. The largest absolute Gasteiger partial charge is 0.504 e. The van der Waals surface area contributed by atoms with E-state index in [-0.39, 0.29) is 41.6 Å². The van der Waals surface area contributed by atoms with Crippen LogP contribution < -0.4 is 10.1 Å². The number of methoxy groups -OCH3 is 1. The molecule has 2 heterocycles. The van der Waals surface area contributed by atoms with Crippen molar-refractivity contribution in [2.45, 2.75) is 81.5 Å². The number of hydrogen-bond donors (Lipinski definition) is 3. The average Bonchev–Trinajstić information content (AvgIpc) is 3.61. The van der Waals surface area contributed by atoms with E-state index in [1.54, 1.807) is 13.2 Å². The third kappa shape index (κ3) is 3.88. The second kappa shape index (κ2) is 9.21. The molecule has 3 fully saturated rings. The Hall–Kier alpha value is -2.32. The summed E-state index contributed by atoms with van der Waals surface area (Å²) in [4.78, 5) is 26.0. The molecule has 8 nitrogen and oxygen atoms in total. The Labute approximate surface area is 212 Å². The number of nitrogens with one attached hydrogen (secondary N) is 1. The van der Waals surface area contributed by atoms with Crippen molar-refractivity contribution < 1.29 is 29.3 Å². The molecule has 3 aliphatic carbocycles. The van der Waals surface area contributed by atoms with E-state index in [4.69, 9.17) is 14.6 Å². The second-order valence-corrected chi connectivity index (χ2v) is 11.7. The molecule has 2 bridgehead atoms. The predicted molar refractivity (Wildman–Crippen MR) is 132 cm³/mol. The molecular weight excluding hydrogens is 460 g/mol. The van der Waals surface area contributed by atoms with Crippen LogP contribution in [0.2, 0.25) is 0 Å². The van der Waals surface area contributed by atoms with Gasteiger partial charge in [-0.3, -0.25) is 14.5 Å². The number of phenolic OH excluding ortho intramolecular Hbond substituents is 1. The SMILES string of the molecule is COC1C(CNC(=O)CCCCC(=O)O)CC2C3Cc4ccc(O)c5c4C2(CCN3CC2CC2)C1O5. The smallest absolute Gasteiger partial charge is 0.303 e. The average molecular weight is 499 g/mol. The van der Waals surface area contributed by atoms with E-state index >= 15 is 0 Å². The number of amides is 1. The Morgan fingerprint density at radius 3 is 2.81 bits per heavy atom. The van der Waals surface area contributed by atoms with Crippen molar-refractivity contribution in [1.29, 1.82) is 0 Å². The van der Waals surface area contributed by atoms with E-state index in [2.05, 4.69) is 16.3 Å². The Bertz CT molecular complexity index is 1040. The maximum atomic E-state index is 12.5. The van der Waals surface area contributed by atoms with E-state index in [1.165, 1.54) is 30.5 Å². The first-order valence-corrected chi connectivity index (χ1v) is 13.7. The minimum Gasteiger partial charge on any atom is -0.504 e. The van der Waals surface area contributed by atoms with E-state index in [9.17, 15) is 14.7 Å². The van der Waals surface area contributed by atoms with E-state index in [0.29, 0.717) is 43.5 Å². The van der Waals surface area contributed by atoms with E-state index in [1.807, 2.05) is 0 Å². The number of rotatable bonds is 10. The van der Waals surface area contributed by atoms with Crippen molar-refractivity contribution in [3.05, 3.63) is 23.3 Å². The number of carbonyl (C=O) groups is 2. The third-order valence-corrected chi connectivity index (χ3v) is 9.67. The number of ether oxygens (including phenoxy) is 2. The first-order valence-electron chi connectivity index (χ1n) is 13.7. The lowest BCUT2D eigenvalue weighted by atomic mass is 9.49. The molecule has 6 atom stereocenters. The molecule has 2 saturated carbocycles. The molecule has 2 aliphatic heterocycles. The van der Waals surface area contributed by atoms with Gasteiger partial charge in [0.15, 0.2) is 11.5 Å².